The zero-order chi connectivity index (χ0) is 19.6. The molecule has 0 radical (unpaired) electrons. The number of rotatable bonds is 5. The van der Waals surface area contributed by atoms with Crippen LogP contribution < -0.4 is 9.04 Å². The molecule has 0 fully saturated rings. The second-order valence-corrected chi connectivity index (χ2v) is 8.33. The summed E-state index contributed by atoms with van der Waals surface area (Å²) in [5.74, 6) is 0.495. The van der Waals surface area contributed by atoms with Crippen molar-refractivity contribution in [1.82, 2.24) is 0 Å². The van der Waals surface area contributed by atoms with Crippen molar-refractivity contribution >= 4 is 21.4 Å². The molecule has 0 aromatic heterocycles. The molecule has 0 atom stereocenters. The molecule has 0 bridgehead atoms. The smallest absolute Gasteiger partial charge is 0.268 e. The monoisotopic (exact) mass is 381 g/mol. The fraction of sp³-hybridized carbons (Fsp3) is 0.182. The van der Waals surface area contributed by atoms with Gasteiger partial charge in [0.2, 0.25) is 0 Å². The molecule has 0 aliphatic carbocycles. The molecule has 5 heteroatoms. The van der Waals surface area contributed by atoms with Gasteiger partial charge in [0.25, 0.3) is 10.0 Å². The Hall–Kier alpha value is -2.79. The first-order chi connectivity index (χ1) is 12.8. The van der Waals surface area contributed by atoms with Crippen LogP contribution in [-0.2, 0) is 10.0 Å². The number of hydrogen-bond donors (Lipinski definition) is 0. The first-order valence-corrected chi connectivity index (χ1v) is 10.1. The van der Waals surface area contributed by atoms with Crippen molar-refractivity contribution in [2.45, 2.75) is 25.7 Å². The van der Waals surface area contributed by atoms with Gasteiger partial charge in [-0.3, -0.25) is 0 Å². The summed E-state index contributed by atoms with van der Waals surface area (Å²) in [6, 6.07) is 19.8. The molecule has 0 unspecified atom stereocenters. The Morgan fingerprint density at radius 1 is 0.778 bits per heavy atom. The SMILES string of the molecule is COc1ccccc1N(c1cc(C)ccc1C)S(=O)(=O)c1ccc(C)cc1. The molecular formula is C22H23NO3S. The number of nitrogens with zero attached hydrogens (tertiary/aromatic N) is 1. The molecular weight excluding hydrogens is 358 g/mol. The molecule has 0 saturated carbocycles. The summed E-state index contributed by atoms with van der Waals surface area (Å²) in [6.07, 6.45) is 0. The normalized spacial score (nSPS) is 11.3. The predicted octanol–water partition coefficient (Wildman–Crippen LogP) is 5.15. The highest BCUT2D eigenvalue weighted by molar-refractivity contribution is 7.93. The molecule has 0 spiro atoms. The van der Waals surface area contributed by atoms with Crippen LogP contribution in [-0.4, -0.2) is 15.5 Å². The van der Waals surface area contributed by atoms with Gasteiger partial charge < -0.3 is 4.74 Å². The van der Waals surface area contributed by atoms with Crippen LogP contribution in [0.5, 0.6) is 5.75 Å². The highest BCUT2D eigenvalue weighted by Gasteiger charge is 2.30. The van der Waals surface area contributed by atoms with Gasteiger partial charge >= 0.3 is 0 Å². The van der Waals surface area contributed by atoms with Crippen molar-refractivity contribution in [2.24, 2.45) is 0 Å². The Morgan fingerprint density at radius 3 is 2.07 bits per heavy atom. The molecule has 0 amide bonds. The van der Waals surface area contributed by atoms with E-state index < -0.39 is 10.0 Å². The van der Waals surface area contributed by atoms with Gasteiger partial charge in [-0.2, -0.15) is 0 Å². The van der Waals surface area contributed by atoms with Crippen molar-refractivity contribution in [3.63, 3.8) is 0 Å². The molecule has 0 saturated heterocycles. The van der Waals surface area contributed by atoms with E-state index in [0.717, 1.165) is 16.7 Å². The van der Waals surface area contributed by atoms with E-state index in [4.69, 9.17) is 4.74 Å². The maximum atomic E-state index is 13.6. The standard InChI is InChI=1S/C22H23NO3S/c1-16-10-13-19(14-11-16)27(24,25)23(20-7-5-6-8-22(20)26-4)21-15-17(2)9-12-18(21)3/h5-15H,1-4H3. The molecule has 140 valence electrons. The molecule has 3 rings (SSSR count). The maximum absolute atomic E-state index is 13.6. The molecule has 4 nitrogen and oxygen atoms in total. The lowest BCUT2D eigenvalue weighted by Crippen LogP contribution is -2.27. The van der Waals surface area contributed by atoms with E-state index in [2.05, 4.69) is 0 Å². The van der Waals surface area contributed by atoms with Gasteiger partial charge in [-0.1, -0.05) is 42.0 Å². The minimum Gasteiger partial charge on any atom is -0.495 e. The van der Waals surface area contributed by atoms with Gasteiger partial charge in [0.05, 0.1) is 23.4 Å². The van der Waals surface area contributed by atoms with Crippen molar-refractivity contribution < 1.29 is 13.2 Å². The minimum absolute atomic E-state index is 0.236. The lowest BCUT2D eigenvalue weighted by Gasteiger charge is -2.28. The van der Waals surface area contributed by atoms with Crippen LogP contribution in [0.1, 0.15) is 16.7 Å². The second-order valence-electron chi connectivity index (χ2n) is 6.54. The third kappa shape index (κ3) is 3.69. The quantitative estimate of drug-likeness (QED) is 0.614. The molecule has 3 aromatic rings. The van der Waals surface area contributed by atoms with Crippen LogP contribution in [0, 0.1) is 20.8 Å². The molecule has 0 N–H and O–H groups in total. The van der Waals surface area contributed by atoms with Crippen molar-refractivity contribution in [1.29, 1.82) is 0 Å². The Morgan fingerprint density at radius 2 is 1.41 bits per heavy atom. The molecule has 0 aliphatic heterocycles. The first kappa shape index (κ1) is 19.0. The lowest BCUT2D eigenvalue weighted by atomic mass is 10.1. The fourth-order valence-electron chi connectivity index (χ4n) is 2.94. The highest BCUT2D eigenvalue weighted by atomic mass is 32.2. The molecule has 3 aromatic carbocycles. The zero-order valence-electron chi connectivity index (χ0n) is 15.9. The number of hydrogen-bond acceptors (Lipinski definition) is 3. The first-order valence-electron chi connectivity index (χ1n) is 8.67. The number of anilines is 2. The van der Waals surface area contributed by atoms with Crippen molar-refractivity contribution in [3.05, 3.63) is 83.4 Å². The van der Waals surface area contributed by atoms with Crippen LogP contribution in [0.3, 0.4) is 0 Å². The number of ether oxygens (including phenoxy) is 1. The van der Waals surface area contributed by atoms with E-state index >= 15 is 0 Å². The van der Waals surface area contributed by atoms with Crippen LogP contribution in [0.4, 0.5) is 11.4 Å². The second kappa shape index (κ2) is 7.45. The van der Waals surface area contributed by atoms with Gasteiger partial charge in [0.1, 0.15) is 5.75 Å². The topological polar surface area (TPSA) is 46.6 Å². The van der Waals surface area contributed by atoms with Crippen LogP contribution >= 0.6 is 0 Å². The Balaban J connectivity index is 2.31. The van der Waals surface area contributed by atoms with E-state index in [9.17, 15) is 8.42 Å². The number of benzene rings is 3. The van der Waals surface area contributed by atoms with Crippen molar-refractivity contribution in [2.75, 3.05) is 11.4 Å². The largest absolute Gasteiger partial charge is 0.495 e. The Labute approximate surface area is 161 Å². The molecule has 0 aliphatic rings. The third-order valence-corrected chi connectivity index (χ3v) is 6.19. The molecule has 27 heavy (non-hydrogen) atoms. The average Bonchev–Trinajstić information content (AvgIpc) is 2.65. The highest BCUT2D eigenvalue weighted by Crippen LogP contribution is 2.40. The molecule has 0 heterocycles. The van der Waals surface area contributed by atoms with Crippen molar-refractivity contribution in [3.8, 4) is 5.75 Å². The van der Waals surface area contributed by atoms with Gasteiger partial charge in [-0.15, -0.1) is 0 Å². The third-order valence-electron chi connectivity index (χ3n) is 4.45. The Bertz CT molecular complexity index is 1060. The summed E-state index contributed by atoms with van der Waals surface area (Å²) in [7, 11) is -2.30. The average molecular weight is 381 g/mol. The van der Waals surface area contributed by atoms with E-state index in [0.29, 0.717) is 17.1 Å². The lowest BCUT2D eigenvalue weighted by molar-refractivity contribution is 0.416. The summed E-state index contributed by atoms with van der Waals surface area (Å²) >= 11 is 0. The van der Waals surface area contributed by atoms with Crippen LogP contribution in [0.15, 0.2) is 71.6 Å². The summed E-state index contributed by atoms with van der Waals surface area (Å²) in [6.45, 7) is 5.78. The van der Waals surface area contributed by atoms with Gasteiger partial charge in [0, 0.05) is 0 Å². The van der Waals surface area contributed by atoms with Gasteiger partial charge in [-0.05, 0) is 62.2 Å². The van der Waals surface area contributed by atoms with Crippen LogP contribution in [0.25, 0.3) is 0 Å². The Kier molecular flexibility index (Phi) is 5.24. The van der Waals surface area contributed by atoms with Gasteiger partial charge in [0.15, 0.2) is 0 Å². The van der Waals surface area contributed by atoms with E-state index in [1.165, 1.54) is 4.31 Å². The fourth-order valence-corrected chi connectivity index (χ4v) is 4.50. The summed E-state index contributed by atoms with van der Waals surface area (Å²) < 4.78 is 34.1. The summed E-state index contributed by atoms with van der Waals surface area (Å²) in [5, 5.41) is 0. The number of methoxy groups -OCH3 is 1. The zero-order valence-corrected chi connectivity index (χ0v) is 16.7. The summed E-state index contributed by atoms with van der Waals surface area (Å²) in [5.41, 5.74) is 3.94. The van der Waals surface area contributed by atoms with E-state index in [-0.39, 0.29) is 4.90 Å². The van der Waals surface area contributed by atoms with Gasteiger partial charge in [-0.25, -0.2) is 12.7 Å². The predicted molar refractivity (Wildman–Crippen MR) is 109 cm³/mol. The van der Waals surface area contributed by atoms with E-state index in [1.807, 2.05) is 45.0 Å². The number of aryl methyl sites for hydroxylation is 3. The number of para-hydroxylation sites is 2. The maximum Gasteiger partial charge on any atom is 0.268 e. The van der Waals surface area contributed by atoms with Crippen LogP contribution in [0.2, 0.25) is 0 Å². The van der Waals surface area contributed by atoms with E-state index in [1.54, 1.807) is 49.6 Å². The number of sulfonamides is 1. The minimum atomic E-state index is -3.84. The summed E-state index contributed by atoms with van der Waals surface area (Å²) in [4.78, 5) is 0.236.